The van der Waals surface area contributed by atoms with Gasteiger partial charge in [-0.25, -0.2) is 4.31 Å². The average Bonchev–Trinajstić information content (AvgIpc) is 2.39. The Morgan fingerprint density at radius 2 is 1.78 bits per heavy atom. The predicted octanol–water partition coefficient (Wildman–Crippen LogP) is 3.89. The second-order valence-corrected chi connectivity index (χ2v) is 5.55. The van der Waals surface area contributed by atoms with E-state index in [0.717, 1.165) is 13.1 Å². The molecule has 0 N–H and O–H groups in total. The zero-order valence-corrected chi connectivity index (χ0v) is 13.8. The first-order valence-electron chi connectivity index (χ1n) is 6.10. The molecule has 0 heterocycles. The summed E-state index contributed by atoms with van der Waals surface area (Å²) in [4.78, 5) is 0. The van der Waals surface area contributed by atoms with Gasteiger partial charge in [-0.15, -0.1) is 0 Å². The van der Waals surface area contributed by atoms with E-state index in [1.165, 1.54) is 5.56 Å². The molecule has 0 aliphatic rings. The Kier molecular flexibility index (Phi) is 9.04. The molecule has 1 aromatic rings. The molecule has 102 valence electrons. The molecule has 0 aromatic heterocycles. The number of ether oxygens (including phenoxy) is 2. The van der Waals surface area contributed by atoms with Crippen LogP contribution in [0, 0.1) is 0 Å². The van der Waals surface area contributed by atoms with Gasteiger partial charge in [-0.05, 0) is 28.5 Å². The summed E-state index contributed by atoms with van der Waals surface area (Å²) in [7, 11) is 1.69. The molecule has 0 unspecified atom stereocenters. The summed E-state index contributed by atoms with van der Waals surface area (Å²) >= 11 is 2.30. The minimum atomic E-state index is -0.147. The van der Waals surface area contributed by atoms with Gasteiger partial charge >= 0.3 is 0 Å². The van der Waals surface area contributed by atoms with Gasteiger partial charge in [0.2, 0.25) is 0 Å². The lowest BCUT2D eigenvalue weighted by molar-refractivity contribution is -0.140. The number of halogens is 1. The molecule has 5 heteroatoms. The van der Waals surface area contributed by atoms with Crippen molar-refractivity contribution in [2.75, 3.05) is 19.8 Å². The molecule has 0 radical (unpaired) electrons. The van der Waals surface area contributed by atoms with E-state index in [0.29, 0.717) is 13.2 Å². The summed E-state index contributed by atoms with van der Waals surface area (Å²) in [5.74, 6) is 0. The highest BCUT2D eigenvalue weighted by Gasteiger charge is 2.14. The Morgan fingerprint density at radius 3 is 2.28 bits per heavy atom. The van der Waals surface area contributed by atoms with Gasteiger partial charge in [0.05, 0.1) is 6.54 Å². The monoisotopic (exact) mass is 381 g/mol. The lowest BCUT2D eigenvalue weighted by Gasteiger charge is -2.24. The van der Waals surface area contributed by atoms with Gasteiger partial charge in [-0.3, -0.25) is 0 Å². The van der Waals surface area contributed by atoms with E-state index in [4.69, 9.17) is 9.47 Å². The standard InChI is InChI=1S/C13H20INO2S/c1-3-16-13(17-4-2)11-15(18-14)10-12-8-6-5-7-9-12/h5-9,13H,3-4,10-11H2,1-2H3. The normalized spacial score (nSPS) is 11.4. The molecule has 0 aliphatic heterocycles. The zero-order chi connectivity index (χ0) is 13.2. The highest BCUT2D eigenvalue weighted by atomic mass is 127. The molecule has 1 aromatic carbocycles. The van der Waals surface area contributed by atoms with E-state index in [2.05, 4.69) is 49.8 Å². The van der Waals surface area contributed by atoms with Crippen LogP contribution >= 0.6 is 30.3 Å². The maximum atomic E-state index is 5.57. The van der Waals surface area contributed by atoms with Crippen molar-refractivity contribution in [3.8, 4) is 0 Å². The summed E-state index contributed by atoms with van der Waals surface area (Å²) in [5.41, 5.74) is 1.30. The van der Waals surface area contributed by atoms with E-state index in [9.17, 15) is 0 Å². The van der Waals surface area contributed by atoms with Crippen molar-refractivity contribution < 1.29 is 9.47 Å². The Bertz CT molecular complexity index is 307. The van der Waals surface area contributed by atoms with Crippen molar-refractivity contribution in [1.82, 2.24) is 4.31 Å². The molecular weight excluding hydrogens is 361 g/mol. The van der Waals surface area contributed by atoms with Gasteiger partial charge in [-0.1, -0.05) is 30.3 Å². The zero-order valence-electron chi connectivity index (χ0n) is 10.8. The second-order valence-electron chi connectivity index (χ2n) is 3.72. The summed E-state index contributed by atoms with van der Waals surface area (Å²) in [5, 5.41) is 0. The van der Waals surface area contributed by atoms with Gasteiger partial charge in [0.25, 0.3) is 0 Å². The van der Waals surface area contributed by atoms with Crippen molar-refractivity contribution in [2.45, 2.75) is 26.7 Å². The van der Waals surface area contributed by atoms with Crippen LogP contribution in [-0.2, 0) is 16.0 Å². The average molecular weight is 381 g/mol. The number of hydrogen-bond donors (Lipinski definition) is 0. The fraction of sp³-hybridized carbons (Fsp3) is 0.538. The summed E-state index contributed by atoms with van der Waals surface area (Å²) < 4.78 is 13.4. The van der Waals surface area contributed by atoms with Crippen LogP contribution in [0.4, 0.5) is 0 Å². The number of hydrogen-bond acceptors (Lipinski definition) is 4. The fourth-order valence-corrected chi connectivity index (χ4v) is 2.87. The van der Waals surface area contributed by atoms with Crippen LogP contribution in [0.25, 0.3) is 0 Å². The maximum absolute atomic E-state index is 5.57. The summed E-state index contributed by atoms with van der Waals surface area (Å²) in [6, 6.07) is 10.4. The third kappa shape index (κ3) is 6.38. The first-order valence-corrected chi connectivity index (χ1v) is 9.42. The minimum Gasteiger partial charge on any atom is -0.352 e. The lowest BCUT2D eigenvalue weighted by atomic mass is 10.2. The van der Waals surface area contributed by atoms with Crippen LogP contribution in [0.5, 0.6) is 0 Å². The second kappa shape index (κ2) is 10.0. The maximum Gasteiger partial charge on any atom is 0.171 e. The Balaban J connectivity index is 2.49. The third-order valence-electron chi connectivity index (χ3n) is 2.36. The van der Waals surface area contributed by atoms with Crippen molar-refractivity contribution in [3.63, 3.8) is 0 Å². The fourth-order valence-electron chi connectivity index (χ4n) is 1.60. The third-order valence-corrected chi connectivity index (χ3v) is 4.50. The largest absolute Gasteiger partial charge is 0.352 e. The quantitative estimate of drug-likeness (QED) is 0.368. The lowest BCUT2D eigenvalue weighted by Crippen LogP contribution is -2.31. The van der Waals surface area contributed by atoms with Crippen LogP contribution in [0.15, 0.2) is 30.3 Å². The van der Waals surface area contributed by atoms with Crippen molar-refractivity contribution >= 4 is 30.3 Å². The molecule has 0 spiro atoms. The topological polar surface area (TPSA) is 21.7 Å². The van der Waals surface area contributed by atoms with Crippen molar-refractivity contribution in [1.29, 1.82) is 0 Å². The first kappa shape index (κ1) is 16.2. The SMILES string of the molecule is CCOC(CN(Cc1ccccc1)SI)OCC. The molecule has 0 atom stereocenters. The Hall–Kier alpha value is 0.180. The van der Waals surface area contributed by atoms with E-state index in [1.54, 1.807) is 9.12 Å². The van der Waals surface area contributed by atoms with Crippen LogP contribution < -0.4 is 0 Å². The van der Waals surface area contributed by atoms with Gasteiger partial charge in [-0.2, -0.15) is 0 Å². The van der Waals surface area contributed by atoms with Crippen molar-refractivity contribution in [2.24, 2.45) is 0 Å². The molecule has 1 rings (SSSR count). The highest BCUT2D eigenvalue weighted by molar-refractivity contribution is 14.2. The smallest absolute Gasteiger partial charge is 0.171 e. The first-order chi connectivity index (χ1) is 8.80. The molecule has 0 bridgehead atoms. The van der Waals surface area contributed by atoms with Crippen LogP contribution in [0.2, 0.25) is 0 Å². The minimum absolute atomic E-state index is 0.147. The summed E-state index contributed by atoms with van der Waals surface area (Å²) in [6.07, 6.45) is -0.147. The van der Waals surface area contributed by atoms with Crippen LogP contribution in [-0.4, -0.2) is 30.4 Å². The molecule has 0 saturated heterocycles. The van der Waals surface area contributed by atoms with E-state index in [-0.39, 0.29) is 6.29 Å². The molecule has 18 heavy (non-hydrogen) atoms. The number of rotatable bonds is 9. The van der Waals surface area contributed by atoms with Crippen molar-refractivity contribution in [3.05, 3.63) is 35.9 Å². The van der Waals surface area contributed by atoms with E-state index in [1.807, 2.05) is 19.9 Å². The Labute approximate surface area is 126 Å². The van der Waals surface area contributed by atoms with Gasteiger partial charge in [0.1, 0.15) is 0 Å². The van der Waals surface area contributed by atoms with Gasteiger partial charge in [0.15, 0.2) is 6.29 Å². The molecule has 0 fully saturated rings. The Morgan fingerprint density at radius 1 is 1.17 bits per heavy atom. The molecule has 0 saturated carbocycles. The number of benzene rings is 1. The van der Waals surface area contributed by atoms with Gasteiger partial charge in [0, 0.05) is 41.0 Å². The summed E-state index contributed by atoms with van der Waals surface area (Å²) in [6.45, 7) is 7.00. The molecular formula is C13H20INO2S. The molecule has 0 amide bonds. The predicted molar refractivity (Wildman–Crippen MR) is 85.5 cm³/mol. The van der Waals surface area contributed by atoms with Crippen LogP contribution in [0.3, 0.4) is 0 Å². The van der Waals surface area contributed by atoms with E-state index < -0.39 is 0 Å². The van der Waals surface area contributed by atoms with E-state index >= 15 is 0 Å². The molecule has 3 nitrogen and oxygen atoms in total. The van der Waals surface area contributed by atoms with Crippen LogP contribution in [0.1, 0.15) is 19.4 Å². The molecule has 0 aliphatic carbocycles. The highest BCUT2D eigenvalue weighted by Crippen LogP contribution is 2.22. The van der Waals surface area contributed by atoms with Gasteiger partial charge < -0.3 is 9.47 Å². The number of nitrogens with zero attached hydrogens (tertiary/aromatic N) is 1.